The van der Waals surface area contributed by atoms with Gasteiger partial charge in [-0.15, -0.1) is 0 Å². The van der Waals surface area contributed by atoms with E-state index in [1.54, 1.807) is 29.2 Å². The molecule has 0 saturated carbocycles. The van der Waals surface area contributed by atoms with Crippen LogP contribution < -0.4 is 5.32 Å². The van der Waals surface area contributed by atoms with Gasteiger partial charge >= 0.3 is 0 Å². The Kier molecular flexibility index (Phi) is 3.00. The highest BCUT2D eigenvalue weighted by atomic mass is 79.9. The zero-order chi connectivity index (χ0) is 11.5. The number of pyridine rings is 1. The van der Waals surface area contributed by atoms with Crippen molar-refractivity contribution < 1.29 is 4.79 Å². The van der Waals surface area contributed by atoms with Gasteiger partial charge in [0.15, 0.2) is 0 Å². The predicted molar refractivity (Wildman–Crippen MR) is 63.1 cm³/mol. The number of carbonyl (C=O) groups excluding carboxylic acids is 1. The topological polar surface area (TPSA) is 59.8 Å². The summed E-state index contributed by atoms with van der Waals surface area (Å²) in [6.07, 6.45) is 6.50. The number of nitrogens with zero attached hydrogens (tertiary/aromatic N) is 3. The molecule has 0 spiro atoms. The van der Waals surface area contributed by atoms with Crippen LogP contribution in [-0.4, -0.2) is 20.4 Å². The number of imidazole rings is 1. The fraction of sp³-hybridized carbons (Fsp3) is 0.100. The van der Waals surface area contributed by atoms with Gasteiger partial charge < -0.3 is 4.57 Å². The van der Waals surface area contributed by atoms with Crippen molar-refractivity contribution >= 4 is 27.8 Å². The average molecular weight is 281 g/mol. The first kappa shape index (κ1) is 10.8. The Balaban J connectivity index is 2.18. The molecule has 6 heteroatoms. The molecule has 0 aromatic carbocycles. The molecule has 1 N–H and O–H groups in total. The monoisotopic (exact) mass is 280 g/mol. The number of aryl methyl sites for hydroxylation is 1. The zero-order valence-electron chi connectivity index (χ0n) is 8.51. The van der Waals surface area contributed by atoms with E-state index in [2.05, 4.69) is 31.2 Å². The van der Waals surface area contributed by atoms with Gasteiger partial charge in [0, 0.05) is 36.3 Å². The van der Waals surface area contributed by atoms with Crippen LogP contribution in [-0.2, 0) is 7.05 Å². The molecule has 2 aromatic heterocycles. The molecule has 16 heavy (non-hydrogen) atoms. The first-order valence-electron chi connectivity index (χ1n) is 4.56. The molecule has 5 nitrogen and oxygen atoms in total. The molecule has 82 valence electrons. The number of carbonyl (C=O) groups is 1. The van der Waals surface area contributed by atoms with E-state index in [1.165, 1.54) is 6.20 Å². The lowest BCUT2D eigenvalue weighted by Gasteiger charge is -2.04. The number of anilines is 1. The van der Waals surface area contributed by atoms with E-state index in [4.69, 9.17) is 0 Å². The van der Waals surface area contributed by atoms with Gasteiger partial charge in [-0.1, -0.05) is 0 Å². The van der Waals surface area contributed by atoms with E-state index in [0.29, 0.717) is 11.5 Å². The second-order valence-electron chi connectivity index (χ2n) is 3.21. The number of amides is 1. The predicted octanol–water partition coefficient (Wildman–Crippen LogP) is 1.83. The summed E-state index contributed by atoms with van der Waals surface area (Å²) in [7, 11) is 1.81. The summed E-state index contributed by atoms with van der Waals surface area (Å²) in [4.78, 5) is 19.7. The van der Waals surface area contributed by atoms with E-state index in [-0.39, 0.29) is 5.91 Å². The fourth-order valence-electron chi connectivity index (χ4n) is 1.20. The maximum absolute atomic E-state index is 11.8. The van der Waals surface area contributed by atoms with Gasteiger partial charge in [0.1, 0.15) is 0 Å². The standard InChI is InChI=1S/C10H9BrN4O/c1-15-3-2-13-10(15)14-9(16)7-4-8(11)6-12-5-7/h2-6H,1H3,(H,13,14,16). The van der Waals surface area contributed by atoms with E-state index in [1.807, 2.05) is 7.05 Å². The van der Waals surface area contributed by atoms with Crippen LogP contribution in [0.4, 0.5) is 5.95 Å². The number of aromatic nitrogens is 3. The Hall–Kier alpha value is -1.69. The Morgan fingerprint density at radius 2 is 2.31 bits per heavy atom. The Morgan fingerprint density at radius 1 is 1.50 bits per heavy atom. The SMILES string of the molecule is Cn1ccnc1NC(=O)c1cncc(Br)c1. The number of halogens is 1. The number of rotatable bonds is 2. The molecule has 1 amide bonds. The largest absolute Gasteiger partial charge is 0.320 e. The Morgan fingerprint density at radius 3 is 2.94 bits per heavy atom. The molecular weight excluding hydrogens is 272 g/mol. The Labute approximate surface area is 101 Å². The molecule has 0 unspecified atom stereocenters. The highest BCUT2D eigenvalue weighted by molar-refractivity contribution is 9.10. The molecule has 0 bridgehead atoms. The van der Waals surface area contributed by atoms with Gasteiger partial charge in [0.2, 0.25) is 5.95 Å². The van der Waals surface area contributed by atoms with E-state index in [0.717, 1.165) is 4.47 Å². The molecule has 0 aliphatic carbocycles. The van der Waals surface area contributed by atoms with Crippen molar-refractivity contribution in [3.8, 4) is 0 Å². The van der Waals surface area contributed by atoms with E-state index in [9.17, 15) is 4.79 Å². The van der Waals surface area contributed by atoms with E-state index >= 15 is 0 Å². The number of hydrogen-bond acceptors (Lipinski definition) is 3. The maximum Gasteiger partial charge on any atom is 0.259 e. The first-order chi connectivity index (χ1) is 7.66. The summed E-state index contributed by atoms with van der Waals surface area (Å²) in [6, 6.07) is 1.70. The summed E-state index contributed by atoms with van der Waals surface area (Å²) in [5.41, 5.74) is 0.484. The molecule has 0 atom stereocenters. The summed E-state index contributed by atoms with van der Waals surface area (Å²) < 4.78 is 2.49. The summed E-state index contributed by atoms with van der Waals surface area (Å²) >= 11 is 3.26. The highest BCUT2D eigenvalue weighted by Crippen LogP contribution is 2.11. The molecule has 2 aromatic rings. The fourth-order valence-corrected chi connectivity index (χ4v) is 1.56. The third-order valence-corrected chi connectivity index (χ3v) is 2.45. The van der Waals surface area contributed by atoms with Crippen molar-refractivity contribution in [2.75, 3.05) is 5.32 Å². The lowest BCUT2D eigenvalue weighted by Crippen LogP contribution is -2.15. The van der Waals surface area contributed by atoms with Crippen molar-refractivity contribution in [1.29, 1.82) is 0 Å². The average Bonchev–Trinajstić information content (AvgIpc) is 2.64. The molecule has 0 radical (unpaired) electrons. The van der Waals surface area contributed by atoms with Crippen LogP contribution in [0.1, 0.15) is 10.4 Å². The second-order valence-corrected chi connectivity index (χ2v) is 4.12. The van der Waals surface area contributed by atoms with Gasteiger partial charge in [-0.05, 0) is 22.0 Å². The third-order valence-electron chi connectivity index (χ3n) is 2.01. The van der Waals surface area contributed by atoms with Crippen LogP contribution in [0.15, 0.2) is 35.3 Å². The summed E-state index contributed by atoms with van der Waals surface area (Å²) in [5, 5.41) is 2.69. The number of nitrogens with one attached hydrogen (secondary N) is 1. The van der Waals surface area contributed by atoms with Crippen molar-refractivity contribution in [1.82, 2.24) is 14.5 Å². The maximum atomic E-state index is 11.8. The van der Waals surface area contributed by atoms with Crippen molar-refractivity contribution in [2.45, 2.75) is 0 Å². The van der Waals surface area contributed by atoms with E-state index < -0.39 is 0 Å². The lowest BCUT2D eigenvalue weighted by atomic mass is 10.3. The molecule has 0 aliphatic heterocycles. The van der Waals surface area contributed by atoms with Gasteiger partial charge in [-0.25, -0.2) is 4.98 Å². The van der Waals surface area contributed by atoms with Crippen molar-refractivity contribution in [2.24, 2.45) is 7.05 Å². The number of hydrogen-bond donors (Lipinski definition) is 1. The van der Waals surface area contributed by atoms with Gasteiger partial charge in [0.05, 0.1) is 5.56 Å². The molecule has 2 rings (SSSR count). The van der Waals surface area contributed by atoms with Crippen LogP contribution in [0.25, 0.3) is 0 Å². The molecule has 0 aliphatic rings. The molecule has 2 heterocycles. The highest BCUT2D eigenvalue weighted by Gasteiger charge is 2.09. The summed E-state index contributed by atoms with van der Waals surface area (Å²) in [6.45, 7) is 0. The van der Waals surface area contributed by atoms with Crippen LogP contribution >= 0.6 is 15.9 Å². The molecule has 0 fully saturated rings. The van der Waals surface area contributed by atoms with Crippen LogP contribution in [0.2, 0.25) is 0 Å². The van der Waals surface area contributed by atoms with Crippen molar-refractivity contribution in [3.63, 3.8) is 0 Å². The minimum Gasteiger partial charge on any atom is -0.320 e. The lowest BCUT2D eigenvalue weighted by molar-refractivity contribution is 0.102. The van der Waals surface area contributed by atoms with Gasteiger partial charge in [-0.3, -0.25) is 15.1 Å². The first-order valence-corrected chi connectivity index (χ1v) is 5.35. The van der Waals surface area contributed by atoms with Crippen LogP contribution in [0.5, 0.6) is 0 Å². The zero-order valence-corrected chi connectivity index (χ0v) is 10.1. The molecular formula is C10H9BrN4O. The van der Waals surface area contributed by atoms with Crippen LogP contribution in [0.3, 0.4) is 0 Å². The second kappa shape index (κ2) is 4.44. The third kappa shape index (κ3) is 2.27. The molecule has 0 saturated heterocycles. The Bertz CT molecular complexity index is 523. The normalized spacial score (nSPS) is 10.1. The van der Waals surface area contributed by atoms with Gasteiger partial charge in [0.25, 0.3) is 5.91 Å². The quantitative estimate of drug-likeness (QED) is 0.913. The minimum atomic E-state index is -0.233. The smallest absolute Gasteiger partial charge is 0.259 e. The van der Waals surface area contributed by atoms with Crippen LogP contribution in [0, 0.1) is 0 Å². The van der Waals surface area contributed by atoms with Crippen molar-refractivity contribution in [3.05, 3.63) is 40.9 Å². The summed E-state index contributed by atoms with van der Waals surface area (Å²) in [5.74, 6) is 0.271. The van der Waals surface area contributed by atoms with Gasteiger partial charge in [-0.2, -0.15) is 0 Å². The minimum absolute atomic E-state index is 0.233.